The largest absolute Gasteiger partial charge is 0.293 e. The molecular formula is C15H13N3O2S. The molecule has 0 bridgehead atoms. The Morgan fingerprint density at radius 3 is 2.86 bits per heavy atom. The molecular weight excluding hydrogens is 286 g/mol. The number of rotatable bonds is 5. The molecule has 5 nitrogen and oxygen atoms in total. The Hall–Kier alpha value is -2.34. The maximum atomic E-state index is 12.2. The van der Waals surface area contributed by atoms with Gasteiger partial charge in [-0.15, -0.1) is 16.4 Å². The van der Waals surface area contributed by atoms with Crippen LogP contribution in [-0.4, -0.2) is 20.8 Å². The predicted octanol–water partition coefficient (Wildman–Crippen LogP) is 2.52. The first-order valence-electron chi connectivity index (χ1n) is 6.65. The van der Waals surface area contributed by atoms with Gasteiger partial charge in [-0.25, -0.2) is 4.68 Å². The molecule has 0 saturated carbocycles. The predicted molar refractivity (Wildman–Crippen MR) is 81.7 cm³/mol. The Balaban J connectivity index is 1.70. The number of benzene rings is 1. The van der Waals surface area contributed by atoms with Gasteiger partial charge in [-0.2, -0.15) is 0 Å². The molecule has 21 heavy (non-hydrogen) atoms. The second-order valence-corrected chi connectivity index (χ2v) is 5.59. The van der Waals surface area contributed by atoms with Crippen molar-refractivity contribution < 1.29 is 4.79 Å². The summed E-state index contributed by atoms with van der Waals surface area (Å²) in [4.78, 5) is 24.8. The fourth-order valence-electron chi connectivity index (χ4n) is 2.12. The van der Waals surface area contributed by atoms with E-state index in [1.54, 1.807) is 18.2 Å². The van der Waals surface area contributed by atoms with Crippen molar-refractivity contribution in [2.45, 2.75) is 19.4 Å². The zero-order chi connectivity index (χ0) is 14.7. The van der Waals surface area contributed by atoms with Crippen molar-refractivity contribution in [3.8, 4) is 0 Å². The molecule has 6 heteroatoms. The Bertz CT molecular complexity index is 824. The first-order chi connectivity index (χ1) is 10.3. The maximum absolute atomic E-state index is 12.2. The number of aromatic nitrogens is 3. The Morgan fingerprint density at radius 2 is 2.05 bits per heavy atom. The van der Waals surface area contributed by atoms with Gasteiger partial charge in [-0.1, -0.05) is 23.4 Å². The van der Waals surface area contributed by atoms with Crippen LogP contribution < -0.4 is 5.56 Å². The molecule has 0 N–H and O–H groups in total. The van der Waals surface area contributed by atoms with Gasteiger partial charge in [0.25, 0.3) is 5.56 Å². The normalized spacial score (nSPS) is 10.9. The number of ketones is 1. The molecule has 2 heterocycles. The number of hydrogen-bond donors (Lipinski definition) is 0. The molecule has 0 saturated heterocycles. The standard InChI is InChI=1S/C15H13N3O2S/c19-13(14-8-4-10-21-14)7-3-9-18-15(20)11-5-1-2-6-12(11)16-17-18/h1-2,4-6,8,10H,3,7,9H2. The lowest BCUT2D eigenvalue weighted by Gasteiger charge is -2.04. The van der Waals surface area contributed by atoms with Gasteiger partial charge in [-0.05, 0) is 30.0 Å². The summed E-state index contributed by atoms with van der Waals surface area (Å²) in [6.45, 7) is 0.397. The van der Waals surface area contributed by atoms with Gasteiger partial charge in [0, 0.05) is 13.0 Å². The third kappa shape index (κ3) is 2.90. The number of thiophene rings is 1. The summed E-state index contributed by atoms with van der Waals surface area (Å²) in [7, 11) is 0. The number of nitrogens with zero attached hydrogens (tertiary/aromatic N) is 3. The minimum Gasteiger partial charge on any atom is -0.293 e. The minimum atomic E-state index is -0.163. The molecule has 1 aromatic carbocycles. The highest BCUT2D eigenvalue weighted by Crippen LogP contribution is 2.12. The molecule has 0 amide bonds. The SMILES string of the molecule is O=C(CCCn1nnc2ccccc2c1=O)c1cccs1. The summed E-state index contributed by atoms with van der Waals surface area (Å²) >= 11 is 1.44. The molecule has 3 aromatic rings. The zero-order valence-electron chi connectivity index (χ0n) is 11.2. The fourth-order valence-corrected chi connectivity index (χ4v) is 2.81. The second kappa shape index (κ2) is 5.97. The molecule has 0 aliphatic heterocycles. The van der Waals surface area contributed by atoms with E-state index in [-0.39, 0.29) is 11.3 Å². The van der Waals surface area contributed by atoms with Crippen LogP contribution in [0.5, 0.6) is 0 Å². The third-order valence-electron chi connectivity index (χ3n) is 3.20. The molecule has 0 radical (unpaired) electrons. The molecule has 0 spiro atoms. The monoisotopic (exact) mass is 299 g/mol. The van der Waals surface area contributed by atoms with Crippen LogP contribution in [0.2, 0.25) is 0 Å². The van der Waals surface area contributed by atoms with E-state index in [0.717, 1.165) is 4.88 Å². The third-order valence-corrected chi connectivity index (χ3v) is 4.11. The van der Waals surface area contributed by atoms with E-state index in [9.17, 15) is 9.59 Å². The summed E-state index contributed by atoms with van der Waals surface area (Å²) < 4.78 is 1.32. The molecule has 0 atom stereocenters. The van der Waals surface area contributed by atoms with E-state index in [2.05, 4.69) is 10.3 Å². The van der Waals surface area contributed by atoms with Crippen molar-refractivity contribution in [2.24, 2.45) is 0 Å². The quantitative estimate of drug-likeness (QED) is 0.679. The smallest absolute Gasteiger partial charge is 0.277 e. The Morgan fingerprint density at radius 1 is 1.19 bits per heavy atom. The lowest BCUT2D eigenvalue weighted by molar-refractivity contribution is 0.0982. The van der Waals surface area contributed by atoms with E-state index in [1.165, 1.54) is 16.0 Å². The summed E-state index contributed by atoms with van der Waals surface area (Å²) in [5, 5.41) is 10.4. The lowest BCUT2D eigenvalue weighted by Crippen LogP contribution is -2.24. The summed E-state index contributed by atoms with van der Waals surface area (Å²) in [6, 6.07) is 10.8. The lowest BCUT2D eigenvalue weighted by atomic mass is 10.2. The van der Waals surface area contributed by atoms with E-state index in [0.29, 0.717) is 30.3 Å². The highest BCUT2D eigenvalue weighted by atomic mass is 32.1. The topological polar surface area (TPSA) is 64.8 Å². The average Bonchev–Trinajstić information content (AvgIpc) is 3.04. The van der Waals surface area contributed by atoms with Gasteiger partial charge in [-0.3, -0.25) is 9.59 Å². The summed E-state index contributed by atoms with van der Waals surface area (Å²) in [5.74, 6) is 0.104. The van der Waals surface area contributed by atoms with Gasteiger partial charge >= 0.3 is 0 Å². The fraction of sp³-hybridized carbons (Fsp3) is 0.200. The van der Waals surface area contributed by atoms with Crippen LogP contribution in [-0.2, 0) is 6.54 Å². The van der Waals surface area contributed by atoms with Crippen molar-refractivity contribution in [3.63, 3.8) is 0 Å². The molecule has 106 valence electrons. The van der Waals surface area contributed by atoms with Gasteiger partial charge in [0.15, 0.2) is 5.78 Å². The van der Waals surface area contributed by atoms with E-state index in [1.807, 2.05) is 23.6 Å². The number of carbonyl (C=O) groups is 1. The molecule has 0 aliphatic rings. The number of hydrogen-bond acceptors (Lipinski definition) is 5. The number of fused-ring (bicyclic) bond motifs is 1. The van der Waals surface area contributed by atoms with Crippen LogP contribution in [0.1, 0.15) is 22.5 Å². The van der Waals surface area contributed by atoms with Gasteiger partial charge in [0.2, 0.25) is 0 Å². The van der Waals surface area contributed by atoms with Crippen molar-refractivity contribution >= 4 is 28.0 Å². The zero-order valence-corrected chi connectivity index (χ0v) is 12.0. The molecule has 0 fully saturated rings. The van der Waals surface area contributed by atoms with Crippen molar-refractivity contribution in [2.75, 3.05) is 0 Å². The average molecular weight is 299 g/mol. The van der Waals surface area contributed by atoms with Gasteiger partial charge < -0.3 is 0 Å². The van der Waals surface area contributed by atoms with Crippen LogP contribution >= 0.6 is 11.3 Å². The second-order valence-electron chi connectivity index (χ2n) is 4.64. The highest BCUT2D eigenvalue weighted by molar-refractivity contribution is 7.12. The van der Waals surface area contributed by atoms with Crippen LogP contribution in [0.25, 0.3) is 10.9 Å². The molecule has 3 rings (SSSR count). The maximum Gasteiger partial charge on any atom is 0.277 e. The molecule has 2 aromatic heterocycles. The van der Waals surface area contributed by atoms with Crippen molar-refractivity contribution in [1.29, 1.82) is 0 Å². The first kappa shape index (κ1) is 13.6. The number of aryl methyl sites for hydroxylation is 1. The Labute approximate surface area is 124 Å². The number of Topliss-reactive ketones (excluding diaryl/α,β-unsaturated/α-hetero) is 1. The van der Waals surface area contributed by atoms with Gasteiger partial charge in [0.05, 0.1) is 10.3 Å². The van der Waals surface area contributed by atoms with Crippen LogP contribution in [0, 0.1) is 0 Å². The molecule has 0 unspecified atom stereocenters. The highest BCUT2D eigenvalue weighted by Gasteiger charge is 2.08. The molecule has 0 aliphatic carbocycles. The van der Waals surface area contributed by atoms with Crippen molar-refractivity contribution in [1.82, 2.24) is 15.0 Å². The van der Waals surface area contributed by atoms with Gasteiger partial charge in [0.1, 0.15) is 5.52 Å². The van der Waals surface area contributed by atoms with E-state index in [4.69, 9.17) is 0 Å². The Kier molecular flexibility index (Phi) is 3.87. The minimum absolute atomic E-state index is 0.104. The van der Waals surface area contributed by atoms with E-state index < -0.39 is 0 Å². The van der Waals surface area contributed by atoms with Crippen LogP contribution in [0.4, 0.5) is 0 Å². The van der Waals surface area contributed by atoms with Crippen LogP contribution in [0.15, 0.2) is 46.6 Å². The number of carbonyl (C=O) groups excluding carboxylic acids is 1. The summed E-state index contributed by atoms with van der Waals surface area (Å²) in [6.07, 6.45) is 0.977. The first-order valence-corrected chi connectivity index (χ1v) is 7.53. The summed E-state index contributed by atoms with van der Waals surface area (Å²) in [5.41, 5.74) is 0.428. The van der Waals surface area contributed by atoms with Crippen LogP contribution in [0.3, 0.4) is 0 Å². The van der Waals surface area contributed by atoms with E-state index >= 15 is 0 Å². The van der Waals surface area contributed by atoms with Crippen molar-refractivity contribution in [3.05, 3.63) is 57.0 Å².